The minimum Gasteiger partial charge on any atom is -0.508 e. The Morgan fingerprint density at radius 2 is 2.00 bits per heavy atom. The first-order valence-electron chi connectivity index (χ1n) is 5.78. The molecule has 5 heteroatoms. The van der Waals surface area contributed by atoms with Crippen LogP contribution in [0.15, 0.2) is 41.5 Å². The van der Waals surface area contributed by atoms with Crippen LogP contribution in [0.2, 0.25) is 0 Å². The number of aromatic nitrogens is 2. The number of hydrogen-bond acceptors (Lipinski definition) is 4. The molecule has 1 aliphatic carbocycles. The van der Waals surface area contributed by atoms with Crippen molar-refractivity contribution in [3.8, 4) is 17.4 Å². The van der Waals surface area contributed by atoms with Gasteiger partial charge in [-0.15, -0.1) is 0 Å². The van der Waals surface area contributed by atoms with E-state index in [1.54, 1.807) is 29.1 Å². The van der Waals surface area contributed by atoms with Gasteiger partial charge in [0.15, 0.2) is 0 Å². The Morgan fingerprint density at radius 1 is 1.28 bits per heavy atom. The molecule has 0 unspecified atom stereocenters. The third-order valence-corrected chi connectivity index (χ3v) is 2.83. The molecule has 0 bridgehead atoms. The van der Waals surface area contributed by atoms with Gasteiger partial charge in [0.25, 0.3) is 5.88 Å². The summed E-state index contributed by atoms with van der Waals surface area (Å²) in [4.78, 5) is 16.0. The van der Waals surface area contributed by atoms with E-state index in [1.165, 1.54) is 12.1 Å². The highest BCUT2D eigenvalue weighted by Gasteiger charge is 2.25. The molecule has 92 valence electrons. The van der Waals surface area contributed by atoms with Crippen LogP contribution in [-0.2, 0) is 0 Å². The number of hydrogen-bond donors (Lipinski definition) is 1. The monoisotopic (exact) mass is 244 g/mol. The van der Waals surface area contributed by atoms with Crippen LogP contribution in [0, 0.1) is 0 Å². The zero-order chi connectivity index (χ0) is 12.5. The summed E-state index contributed by atoms with van der Waals surface area (Å²) >= 11 is 0. The van der Waals surface area contributed by atoms with Gasteiger partial charge in [-0.2, -0.15) is 0 Å². The van der Waals surface area contributed by atoms with Crippen molar-refractivity contribution in [2.24, 2.45) is 0 Å². The molecule has 1 saturated carbocycles. The van der Waals surface area contributed by atoms with E-state index in [0.717, 1.165) is 12.8 Å². The normalized spacial score (nSPS) is 14.4. The number of rotatable bonds is 3. The maximum Gasteiger partial charge on any atom is 0.313 e. The Bertz CT molecular complexity index is 615. The van der Waals surface area contributed by atoms with Gasteiger partial charge in [0.2, 0.25) is 0 Å². The van der Waals surface area contributed by atoms with Gasteiger partial charge in [0, 0.05) is 18.4 Å². The van der Waals surface area contributed by atoms with Crippen LogP contribution in [0.3, 0.4) is 0 Å². The number of benzene rings is 1. The number of ether oxygens (including phenoxy) is 1. The summed E-state index contributed by atoms with van der Waals surface area (Å²) < 4.78 is 7.08. The average molecular weight is 244 g/mol. The van der Waals surface area contributed by atoms with E-state index < -0.39 is 0 Å². The molecule has 2 aromatic rings. The molecule has 0 atom stereocenters. The summed E-state index contributed by atoms with van der Waals surface area (Å²) in [5, 5.41) is 9.17. The number of nitrogens with zero attached hydrogens (tertiary/aromatic N) is 2. The second-order valence-corrected chi connectivity index (χ2v) is 4.27. The molecule has 18 heavy (non-hydrogen) atoms. The quantitative estimate of drug-likeness (QED) is 0.897. The molecule has 1 fully saturated rings. The Hall–Kier alpha value is -2.30. The predicted octanol–water partition coefficient (Wildman–Crippen LogP) is 2.08. The van der Waals surface area contributed by atoms with Crippen LogP contribution in [0.5, 0.6) is 17.4 Å². The molecule has 3 rings (SSSR count). The summed E-state index contributed by atoms with van der Waals surface area (Å²) in [6.45, 7) is 0. The molecule has 1 aliphatic rings. The van der Waals surface area contributed by atoms with Gasteiger partial charge in [-0.3, -0.25) is 4.79 Å². The third kappa shape index (κ3) is 2.07. The lowest BCUT2D eigenvalue weighted by Crippen LogP contribution is -2.20. The second kappa shape index (κ2) is 4.18. The van der Waals surface area contributed by atoms with E-state index in [4.69, 9.17) is 9.84 Å². The third-order valence-electron chi connectivity index (χ3n) is 2.83. The summed E-state index contributed by atoms with van der Waals surface area (Å²) in [5.41, 5.74) is -0.215. The summed E-state index contributed by atoms with van der Waals surface area (Å²) in [6, 6.07) is 6.47. The molecule has 0 spiro atoms. The van der Waals surface area contributed by atoms with Crippen LogP contribution in [-0.4, -0.2) is 14.7 Å². The van der Waals surface area contributed by atoms with Crippen LogP contribution >= 0.6 is 0 Å². The molecule has 5 nitrogen and oxygen atoms in total. The molecule has 0 amide bonds. The van der Waals surface area contributed by atoms with Gasteiger partial charge < -0.3 is 14.4 Å². The van der Waals surface area contributed by atoms with E-state index >= 15 is 0 Å². The standard InChI is InChI=1S/C13H12N2O3/c16-10-3-5-11(6-4-10)18-12-13(17)15(8-7-14-12)9-1-2-9/h3-9,16H,1-2H2. The van der Waals surface area contributed by atoms with Crippen molar-refractivity contribution in [1.82, 2.24) is 9.55 Å². The Morgan fingerprint density at radius 3 is 2.67 bits per heavy atom. The minimum absolute atomic E-state index is 0.0649. The van der Waals surface area contributed by atoms with Crippen molar-refractivity contribution in [3.63, 3.8) is 0 Å². The molecule has 0 radical (unpaired) electrons. The van der Waals surface area contributed by atoms with Crippen molar-refractivity contribution in [2.45, 2.75) is 18.9 Å². The highest BCUT2D eigenvalue weighted by Crippen LogP contribution is 2.33. The summed E-state index contributed by atoms with van der Waals surface area (Å²) in [7, 11) is 0. The zero-order valence-corrected chi connectivity index (χ0v) is 9.61. The predicted molar refractivity (Wildman–Crippen MR) is 64.9 cm³/mol. The molecule has 1 aromatic heterocycles. The lowest BCUT2D eigenvalue weighted by molar-refractivity contribution is 0.440. The van der Waals surface area contributed by atoms with E-state index in [-0.39, 0.29) is 17.2 Å². The summed E-state index contributed by atoms with van der Waals surface area (Å²) in [5.74, 6) is 0.694. The number of phenols is 1. The van der Waals surface area contributed by atoms with Gasteiger partial charge in [-0.25, -0.2) is 4.98 Å². The van der Waals surface area contributed by atoms with E-state index in [9.17, 15) is 4.79 Å². The highest BCUT2D eigenvalue weighted by molar-refractivity contribution is 5.32. The van der Waals surface area contributed by atoms with Gasteiger partial charge in [0.1, 0.15) is 11.5 Å². The van der Waals surface area contributed by atoms with Gasteiger partial charge >= 0.3 is 5.56 Å². The topological polar surface area (TPSA) is 64.3 Å². The minimum atomic E-state index is -0.215. The van der Waals surface area contributed by atoms with E-state index in [2.05, 4.69) is 4.98 Å². The fourth-order valence-electron chi connectivity index (χ4n) is 1.74. The van der Waals surface area contributed by atoms with Crippen LogP contribution in [0.4, 0.5) is 0 Å². The first-order valence-corrected chi connectivity index (χ1v) is 5.78. The van der Waals surface area contributed by atoms with Crippen molar-refractivity contribution in [3.05, 3.63) is 47.0 Å². The Kier molecular flexibility index (Phi) is 2.51. The zero-order valence-electron chi connectivity index (χ0n) is 9.61. The van der Waals surface area contributed by atoms with Gasteiger partial charge in [0.05, 0.1) is 0 Å². The maximum absolute atomic E-state index is 12.0. The van der Waals surface area contributed by atoms with E-state index in [1.807, 2.05) is 0 Å². The first-order chi connectivity index (χ1) is 8.74. The molecular weight excluding hydrogens is 232 g/mol. The van der Waals surface area contributed by atoms with Crippen molar-refractivity contribution < 1.29 is 9.84 Å². The Labute approximate surface area is 103 Å². The van der Waals surface area contributed by atoms with Crippen molar-refractivity contribution in [1.29, 1.82) is 0 Å². The molecule has 1 N–H and O–H groups in total. The van der Waals surface area contributed by atoms with Gasteiger partial charge in [-0.05, 0) is 37.1 Å². The number of aromatic hydroxyl groups is 1. The first kappa shape index (κ1) is 10.8. The smallest absolute Gasteiger partial charge is 0.313 e. The van der Waals surface area contributed by atoms with Crippen molar-refractivity contribution in [2.75, 3.05) is 0 Å². The lowest BCUT2D eigenvalue weighted by atomic mass is 10.3. The highest BCUT2D eigenvalue weighted by atomic mass is 16.5. The summed E-state index contributed by atoms with van der Waals surface area (Å²) in [6.07, 6.45) is 5.31. The maximum atomic E-state index is 12.0. The lowest BCUT2D eigenvalue weighted by Gasteiger charge is -2.07. The van der Waals surface area contributed by atoms with E-state index in [0.29, 0.717) is 11.8 Å². The number of phenolic OH excluding ortho intramolecular Hbond substituents is 1. The molecular formula is C13H12N2O3. The average Bonchev–Trinajstić information content (AvgIpc) is 3.19. The van der Waals surface area contributed by atoms with Crippen LogP contribution in [0.25, 0.3) is 0 Å². The largest absolute Gasteiger partial charge is 0.508 e. The van der Waals surface area contributed by atoms with Gasteiger partial charge in [-0.1, -0.05) is 0 Å². The Balaban J connectivity index is 1.90. The van der Waals surface area contributed by atoms with Crippen LogP contribution in [0.1, 0.15) is 18.9 Å². The fraction of sp³-hybridized carbons (Fsp3) is 0.231. The van der Waals surface area contributed by atoms with Crippen molar-refractivity contribution >= 4 is 0 Å². The molecule has 1 aromatic carbocycles. The molecule has 0 aliphatic heterocycles. The van der Waals surface area contributed by atoms with Crippen LogP contribution < -0.4 is 10.3 Å². The molecule has 0 saturated heterocycles. The molecule has 1 heterocycles. The SMILES string of the molecule is O=c1c(Oc2ccc(O)cc2)nccn1C1CC1. The fourth-order valence-corrected chi connectivity index (χ4v) is 1.74. The second-order valence-electron chi connectivity index (χ2n) is 4.27.